The van der Waals surface area contributed by atoms with Crippen molar-refractivity contribution in [1.82, 2.24) is 24.2 Å². The molecule has 1 aromatic carbocycles. The van der Waals surface area contributed by atoms with E-state index in [9.17, 15) is 18.3 Å². The lowest BCUT2D eigenvalue weighted by Crippen LogP contribution is -2.47. The zero-order chi connectivity index (χ0) is 24.9. The van der Waals surface area contributed by atoms with Gasteiger partial charge >= 0.3 is 0 Å². The molecule has 1 aromatic heterocycles. The highest BCUT2D eigenvalue weighted by atomic mass is 35.5. The van der Waals surface area contributed by atoms with Gasteiger partial charge in [-0.1, -0.05) is 23.7 Å². The van der Waals surface area contributed by atoms with Crippen molar-refractivity contribution in [1.29, 1.82) is 0 Å². The number of benzene rings is 1. The summed E-state index contributed by atoms with van der Waals surface area (Å²) in [7, 11) is -2.28. The Hall–Kier alpha value is -2.05. The van der Waals surface area contributed by atoms with Crippen molar-refractivity contribution in [3.8, 4) is 0 Å². The molecule has 10 nitrogen and oxygen atoms in total. The minimum absolute atomic E-state index is 0.0653. The van der Waals surface area contributed by atoms with Gasteiger partial charge in [-0.15, -0.1) is 5.10 Å². The molecule has 12 heteroatoms. The quantitative estimate of drug-likeness (QED) is 0.625. The van der Waals surface area contributed by atoms with E-state index in [1.807, 2.05) is 6.92 Å². The standard InChI is InChI=1S/C22H32ClN5O5S/c1-16-11-28(17(2)14-29)22(30)5-4-10-27-12-19(24-25-27)15-33-21(16)13-26(3)34(31,32)20-8-6-18(23)7-9-20/h6-9,12,16-17,21,29H,4-5,10-11,13-15H2,1-3H3/t16-,17-,21-/m0/s1. The van der Waals surface area contributed by atoms with E-state index in [2.05, 4.69) is 10.3 Å². The number of nitrogens with zero attached hydrogens (tertiary/aromatic N) is 5. The average molecular weight is 514 g/mol. The van der Waals surface area contributed by atoms with Gasteiger partial charge in [0, 0.05) is 44.0 Å². The number of aromatic nitrogens is 3. The van der Waals surface area contributed by atoms with E-state index in [-0.39, 0.29) is 42.5 Å². The summed E-state index contributed by atoms with van der Waals surface area (Å²) in [6, 6.07) is 5.62. The van der Waals surface area contributed by atoms with Crippen LogP contribution in [-0.4, -0.2) is 82.5 Å². The van der Waals surface area contributed by atoms with Crippen molar-refractivity contribution in [3.05, 3.63) is 41.2 Å². The number of sulfonamides is 1. The third-order valence-corrected chi connectivity index (χ3v) is 8.09. The smallest absolute Gasteiger partial charge is 0.242 e. The summed E-state index contributed by atoms with van der Waals surface area (Å²) in [5.74, 6) is -0.300. The lowest BCUT2D eigenvalue weighted by molar-refractivity contribution is -0.136. The minimum Gasteiger partial charge on any atom is -0.394 e. The van der Waals surface area contributed by atoms with Crippen LogP contribution >= 0.6 is 11.6 Å². The van der Waals surface area contributed by atoms with Crippen LogP contribution in [0.2, 0.25) is 5.02 Å². The van der Waals surface area contributed by atoms with Gasteiger partial charge in [-0.2, -0.15) is 4.31 Å². The number of likely N-dealkylation sites (N-methyl/N-ethyl adjacent to an activating group) is 1. The van der Waals surface area contributed by atoms with Crippen LogP contribution in [0.5, 0.6) is 0 Å². The second-order valence-electron chi connectivity index (χ2n) is 8.72. The molecule has 34 heavy (non-hydrogen) atoms. The van der Waals surface area contributed by atoms with Gasteiger partial charge < -0.3 is 14.7 Å². The molecule has 3 atom stereocenters. The molecule has 0 radical (unpaired) electrons. The number of amides is 1. The predicted molar refractivity (Wildman–Crippen MR) is 127 cm³/mol. The summed E-state index contributed by atoms with van der Waals surface area (Å²) in [6.07, 6.45) is 2.13. The van der Waals surface area contributed by atoms with Crippen molar-refractivity contribution in [2.75, 3.05) is 26.7 Å². The zero-order valence-corrected chi connectivity index (χ0v) is 21.2. The first-order chi connectivity index (χ1) is 16.1. The Morgan fingerprint density at radius 2 is 2.03 bits per heavy atom. The molecule has 0 fully saturated rings. The lowest BCUT2D eigenvalue weighted by atomic mass is 10.0. The first-order valence-electron chi connectivity index (χ1n) is 11.2. The molecule has 1 aliphatic heterocycles. The number of hydrogen-bond donors (Lipinski definition) is 1. The van der Waals surface area contributed by atoms with Crippen LogP contribution in [-0.2, 0) is 32.7 Å². The van der Waals surface area contributed by atoms with Crippen LogP contribution in [0, 0.1) is 5.92 Å². The SMILES string of the molecule is C[C@H]1CN([C@@H](C)CO)C(=O)CCCn2cc(nn2)CO[C@H]1CN(C)S(=O)(=O)c1ccc(Cl)cc1. The van der Waals surface area contributed by atoms with E-state index < -0.39 is 16.1 Å². The topological polar surface area (TPSA) is 118 Å². The van der Waals surface area contributed by atoms with Gasteiger partial charge in [0.05, 0.1) is 36.5 Å². The van der Waals surface area contributed by atoms with Crippen LogP contribution in [0.4, 0.5) is 0 Å². The minimum atomic E-state index is -3.78. The summed E-state index contributed by atoms with van der Waals surface area (Å²) in [4.78, 5) is 14.7. The summed E-state index contributed by atoms with van der Waals surface area (Å²) in [6.45, 7) is 4.63. The van der Waals surface area contributed by atoms with Gasteiger partial charge in [0.15, 0.2) is 0 Å². The van der Waals surface area contributed by atoms with Gasteiger partial charge in [-0.25, -0.2) is 8.42 Å². The fourth-order valence-electron chi connectivity index (χ4n) is 3.83. The molecule has 1 N–H and O–H groups in total. The Morgan fingerprint density at radius 3 is 2.71 bits per heavy atom. The van der Waals surface area contributed by atoms with Crippen LogP contribution in [0.25, 0.3) is 0 Å². The summed E-state index contributed by atoms with van der Waals surface area (Å²) in [5.41, 5.74) is 0.631. The number of rotatable bonds is 6. The Kier molecular flexibility index (Phi) is 9.05. The number of aliphatic hydroxyl groups is 1. The molecule has 1 aliphatic rings. The van der Waals surface area contributed by atoms with Crippen molar-refractivity contribution in [3.63, 3.8) is 0 Å². The molecule has 2 bridgehead atoms. The first kappa shape index (κ1) is 26.6. The van der Waals surface area contributed by atoms with Crippen LogP contribution in [0.15, 0.2) is 35.4 Å². The normalized spacial score (nSPS) is 21.6. The van der Waals surface area contributed by atoms with E-state index in [1.165, 1.54) is 35.6 Å². The van der Waals surface area contributed by atoms with Gasteiger partial charge in [0.25, 0.3) is 0 Å². The number of halogens is 1. The van der Waals surface area contributed by atoms with Gasteiger partial charge in [-0.3, -0.25) is 9.48 Å². The molecular weight excluding hydrogens is 482 g/mol. The number of hydrogen-bond acceptors (Lipinski definition) is 7. The number of carbonyl (C=O) groups excluding carboxylic acids is 1. The van der Waals surface area contributed by atoms with E-state index in [0.717, 1.165) is 0 Å². The summed E-state index contributed by atoms with van der Waals surface area (Å²) >= 11 is 5.91. The Balaban J connectivity index is 1.85. The first-order valence-corrected chi connectivity index (χ1v) is 13.1. The highest BCUT2D eigenvalue weighted by Crippen LogP contribution is 2.21. The fraction of sp³-hybridized carbons (Fsp3) is 0.591. The molecule has 0 saturated carbocycles. The largest absolute Gasteiger partial charge is 0.394 e. The number of aryl methyl sites for hydroxylation is 1. The number of ether oxygens (including phenoxy) is 1. The average Bonchev–Trinajstić information content (AvgIpc) is 3.26. The Bertz CT molecular complexity index is 1060. The summed E-state index contributed by atoms with van der Waals surface area (Å²) < 4.78 is 35.3. The van der Waals surface area contributed by atoms with E-state index in [1.54, 1.807) is 22.7 Å². The highest BCUT2D eigenvalue weighted by Gasteiger charge is 2.31. The van der Waals surface area contributed by atoms with Gasteiger partial charge in [0.1, 0.15) is 5.69 Å². The zero-order valence-electron chi connectivity index (χ0n) is 19.7. The van der Waals surface area contributed by atoms with E-state index in [4.69, 9.17) is 16.3 Å². The third-order valence-electron chi connectivity index (χ3n) is 6.00. The Morgan fingerprint density at radius 1 is 1.32 bits per heavy atom. The number of fused-ring (bicyclic) bond motifs is 2. The maximum Gasteiger partial charge on any atom is 0.242 e. The number of carbonyl (C=O) groups is 1. The molecule has 0 aliphatic carbocycles. The monoisotopic (exact) mass is 513 g/mol. The predicted octanol–water partition coefficient (Wildman–Crippen LogP) is 1.78. The third kappa shape index (κ3) is 6.54. The van der Waals surface area contributed by atoms with Gasteiger partial charge in [-0.05, 0) is 37.6 Å². The second kappa shape index (κ2) is 11.6. The maximum atomic E-state index is 13.1. The van der Waals surface area contributed by atoms with Crippen LogP contribution in [0.1, 0.15) is 32.4 Å². The van der Waals surface area contributed by atoms with Crippen LogP contribution < -0.4 is 0 Å². The van der Waals surface area contributed by atoms with E-state index in [0.29, 0.717) is 36.6 Å². The molecule has 2 heterocycles. The van der Waals surface area contributed by atoms with Crippen molar-refractivity contribution < 1.29 is 23.1 Å². The van der Waals surface area contributed by atoms with Crippen molar-refractivity contribution in [2.45, 2.75) is 56.9 Å². The maximum absolute atomic E-state index is 13.1. The highest BCUT2D eigenvalue weighted by molar-refractivity contribution is 7.89. The summed E-state index contributed by atoms with van der Waals surface area (Å²) in [5, 5.41) is 18.4. The number of aliphatic hydroxyl groups excluding tert-OH is 1. The lowest BCUT2D eigenvalue weighted by Gasteiger charge is -2.35. The molecule has 188 valence electrons. The van der Waals surface area contributed by atoms with E-state index >= 15 is 0 Å². The molecule has 1 amide bonds. The molecule has 3 rings (SSSR count). The molecule has 0 unspecified atom stereocenters. The Labute approximate surface area is 205 Å². The molecule has 0 spiro atoms. The van der Waals surface area contributed by atoms with Crippen molar-refractivity contribution in [2.24, 2.45) is 5.92 Å². The van der Waals surface area contributed by atoms with Crippen LogP contribution in [0.3, 0.4) is 0 Å². The van der Waals surface area contributed by atoms with Gasteiger partial charge in [0.2, 0.25) is 15.9 Å². The van der Waals surface area contributed by atoms with Crippen molar-refractivity contribution >= 4 is 27.5 Å². The fourth-order valence-corrected chi connectivity index (χ4v) is 5.14. The molecular formula is C22H32ClN5O5S. The molecule has 2 aromatic rings. The molecule has 0 saturated heterocycles. The second-order valence-corrected chi connectivity index (χ2v) is 11.2.